The lowest BCUT2D eigenvalue weighted by molar-refractivity contribution is -0.704. The topological polar surface area (TPSA) is 59.7 Å². The Morgan fingerprint density at radius 3 is 2.41 bits per heavy atom. The molecule has 4 N–H and O–H groups in total. The maximum Gasteiger partial charge on any atom is 0.275 e. The lowest BCUT2D eigenvalue weighted by Gasteiger charge is -2.19. The van der Waals surface area contributed by atoms with Gasteiger partial charge in [-0.2, -0.15) is 0 Å². The van der Waals surface area contributed by atoms with Crippen molar-refractivity contribution in [3.63, 3.8) is 0 Å². The van der Waals surface area contributed by atoms with E-state index in [9.17, 15) is 9.18 Å². The van der Waals surface area contributed by atoms with Crippen LogP contribution in [-0.2, 0) is 11.2 Å². The molecule has 0 fully saturated rings. The van der Waals surface area contributed by atoms with Gasteiger partial charge in [0, 0.05) is 11.1 Å². The maximum absolute atomic E-state index is 13.6. The van der Waals surface area contributed by atoms with Crippen LogP contribution in [-0.4, -0.2) is 11.9 Å². The van der Waals surface area contributed by atoms with Crippen LogP contribution in [0.25, 0.3) is 0 Å². The highest BCUT2D eigenvalue weighted by atomic mass is 19.1. The van der Waals surface area contributed by atoms with Crippen molar-refractivity contribution in [2.24, 2.45) is 5.73 Å². The van der Waals surface area contributed by atoms with Gasteiger partial charge in [-0.05, 0) is 31.0 Å². The summed E-state index contributed by atoms with van der Waals surface area (Å²) in [4.78, 5) is 11.4. The summed E-state index contributed by atoms with van der Waals surface area (Å²) in [5.41, 5.74) is 8.45. The third kappa shape index (κ3) is 3.92. The number of hydrogen-bond donors (Lipinski definition) is 2. The smallest absolute Gasteiger partial charge is 0.275 e. The predicted molar refractivity (Wildman–Crippen MR) is 84.6 cm³/mol. The van der Waals surface area contributed by atoms with E-state index >= 15 is 0 Å². The van der Waals surface area contributed by atoms with Crippen molar-refractivity contribution in [1.82, 2.24) is 0 Å². The Labute approximate surface area is 130 Å². The first-order chi connectivity index (χ1) is 10.5. The average molecular weight is 301 g/mol. The van der Waals surface area contributed by atoms with Crippen molar-refractivity contribution in [2.45, 2.75) is 32.4 Å². The highest BCUT2D eigenvalue weighted by Crippen LogP contribution is 2.20. The van der Waals surface area contributed by atoms with Crippen LogP contribution in [0.1, 0.15) is 36.6 Å². The Morgan fingerprint density at radius 2 is 1.86 bits per heavy atom. The van der Waals surface area contributed by atoms with Gasteiger partial charge in [0.15, 0.2) is 6.04 Å². The molecule has 2 atom stereocenters. The SMILES string of the molecule is CCc1ccc([C@@H]([NH2+][C@H](C)C(N)=O)c2cccc(F)c2)cc1. The largest absolute Gasteiger partial charge is 0.365 e. The molecule has 0 aliphatic heterocycles. The molecule has 0 saturated carbocycles. The molecule has 22 heavy (non-hydrogen) atoms. The Bertz CT molecular complexity index is 640. The van der Waals surface area contributed by atoms with Crippen molar-refractivity contribution in [3.8, 4) is 0 Å². The molecule has 0 radical (unpaired) electrons. The van der Waals surface area contributed by atoms with Gasteiger partial charge in [0.25, 0.3) is 5.91 Å². The molecular weight excluding hydrogens is 279 g/mol. The van der Waals surface area contributed by atoms with Crippen LogP contribution in [0.4, 0.5) is 4.39 Å². The van der Waals surface area contributed by atoms with Crippen LogP contribution in [0.5, 0.6) is 0 Å². The molecule has 1 amide bonds. The van der Waals surface area contributed by atoms with Crippen LogP contribution in [0.15, 0.2) is 48.5 Å². The molecule has 116 valence electrons. The first-order valence-electron chi connectivity index (χ1n) is 7.50. The molecule has 4 heteroatoms. The van der Waals surface area contributed by atoms with Gasteiger partial charge in [-0.1, -0.05) is 43.3 Å². The summed E-state index contributed by atoms with van der Waals surface area (Å²) in [6.07, 6.45) is 0.965. The van der Waals surface area contributed by atoms with E-state index in [1.54, 1.807) is 13.0 Å². The van der Waals surface area contributed by atoms with Crippen molar-refractivity contribution in [2.75, 3.05) is 0 Å². The number of quaternary nitrogens is 1. The molecule has 0 aromatic heterocycles. The van der Waals surface area contributed by atoms with Crippen molar-refractivity contribution in [1.29, 1.82) is 0 Å². The number of carbonyl (C=O) groups excluding carboxylic acids is 1. The van der Waals surface area contributed by atoms with E-state index < -0.39 is 0 Å². The van der Waals surface area contributed by atoms with E-state index in [0.29, 0.717) is 0 Å². The third-order valence-electron chi connectivity index (χ3n) is 3.88. The second-order valence-corrected chi connectivity index (χ2v) is 5.51. The van der Waals surface area contributed by atoms with E-state index in [4.69, 9.17) is 5.73 Å². The normalized spacial score (nSPS) is 13.6. The zero-order valence-corrected chi connectivity index (χ0v) is 12.9. The maximum atomic E-state index is 13.6. The zero-order valence-electron chi connectivity index (χ0n) is 12.9. The second kappa shape index (κ2) is 7.18. The lowest BCUT2D eigenvalue weighted by Crippen LogP contribution is -2.92. The fourth-order valence-electron chi connectivity index (χ4n) is 2.46. The molecule has 0 aliphatic rings. The van der Waals surface area contributed by atoms with E-state index in [0.717, 1.165) is 17.5 Å². The van der Waals surface area contributed by atoms with Crippen LogP contribution in [0.3, 0.4) is 0 Å². The van der Waals surface area contributed by atoms with Gasteiger partial charge in [0.1, 0.15) is 11.9 Å². The molecule has 0 spiro atoms. The van der Waals surface area contributed by atoms with Gasteiger partial charge < -0.3 is 11.1 Å². The van der Waals surface area contributed by atoms with E-state index in [-0.39, 0.29) is 23.8 Å². The van der Waals surface area contributed by atoms with Crippen LogP contribution in [0.2, 0.25) is 0 Å². The van der Waals surface area contributed by atoms with Gasteiger partial charge in [-0.25, -0.2) is 4.39 Å². The predicted octanol–water partition coefficient (Wildman–Crippen LogP) is 1.91. The number of benzene rings is 2. The first kappa shape index (κ1) is 16.2. The Balaban J connectivity index is 2.37. The molecule has 0 saturated heterocycles. The lowest BCUT2D eigenvalue weighted by atomic mass is 9.96. The van der Waals surface area contributed by atoms with Crippen LogP contribution >= 0.6 is 0 Å². The molecule has 3 nitrogen and oxygen atoms in total. The Kier molecular flexibility index (Phi) is 5.28. The van der Waals surface area contributed by atoms with Gasteiger partial charge in [0.05, 0.1) is 0 Å². The number of halogens is 1. The van der Waals surface area contributed by atoms with Crippen molar-refractivity contribution in [3.05, 3.63) is 71.0 Å². The second-order valence-electron chi connectivity index (χ2n) is 5.51. The Hall–Kier alpha value is -2.20. The molecule has 0 aliphatic carbocycles. The molecule has 0 unspecified atom stereocenters. The number of rotatable bonds is 6. The van der Waals surface area contributed by atoms with Crippen molar-refractivity contribution >= 4 is 5.91 Å². The molecule has 2 aromatic rings. The summed E-state index contributed by atoms with van der Waals surface area (Å²) < 4.78 is 13.6. The number of carbonyl (C=O) groups is 1. The minimum atomic E-state index is -0.390. The van der Waals surface area contributed by atoms with Crippen LogP contribution in [0, 0.1) is 5.82 Å². The summed E-state index contributed by atoms with van der Waals surface area (Å²) in [6, 6.07) is 14.1. The van der Waals surface area contributed by atoms with Gasteiger partial charge in [-0.15, -0.1) is 0 Å². The summed E-state index contributed by atoms with van der Waals surface area (Å²) in [5, 5.41) is 1.87. The van der Waals surface area contributed by atoms with E-state index in [1.807, 2.05) is 23.5 Å². The van der Waals surface area contributed by atoms with Crippen LogP contribution < -0.4 is 11.1 Å². The molecule has 2 rings (SSSR count). The highest BCUT2D eigenvalue weighted by molar-refractivity contribution is 5.77. The van der Waals surface area contributed by atoms with Gasteiger partial charge in [0.2, 0.25) is 0 Å². The highest BCUT2D eigenvalue weighted by Gasteiger charge is 2.23. The third-order valence-corrected chi connectivity index (χ3v) is 3.88. The fourth-order valence-corrected chi connectivity index (χ4v) is 2.46. The number of nitrogens with two attached hydrogens (primary N) is 2. The number of amides is 1. The standard InChI is InChI=1S/C18H21FN2O/c1-3-13-7-9-14(10-8-13)17(21-12(2)18(20)22)15-5-4-6-16(19)11-15/h4-12,17,21H,3H2,1-2H3,(H2,20,22)/p+1/t12-,17-/m1/s1. The minimum absolute atomic E-state index is 0.163. The molecule has 0 heterocycles. The zero-order chi connectivity index (χ0) is 16.1. The number of primary amides is 1. The summed E-state index contributed by atoms with van der Waals surface area (Å²) in [6.45, 7) is 3.86. The van der Waals surface area contributed by atoms with E-state index in [2.05, 4.69) is 19.1 Å². The summed E-state index contributed by atoms with van der Waals surface area (Å²) in [5.74, 6) is -0.667. The van der Waals surface area contributed by atoms with Crippen molar-refractivity contribution < 1.29 is 14.5 Å². The molecular formula is C18H22FN2O+. The monoisotopic (exact) mass is 301 g/mol. The first-order valence-corrected chi connectivity index (χ1v) is 7.50. The average Bonchev–Trinajstić information content (AvgIpc) is 2.52. The number of hydrogen-bond acceptors (Lipinski definition) is 1. The Morgan fingerprint density at radius 1 is 1.18 bits per heavy atom. The summed E-state index contributed by atoms with van der Waals surface area (Å²) >= 11 is 0. The summed E-state index contributed by atoms with van der Waals surface area (Å²) in [7, 11) is 0. The number of aryl methyl sites for hydroxylation is 1. The molecule has 0 bridgehead atoms. The fraction of sp³-hybridized carbons (Fsp3) is 0.278. The quantitative estimate of drug-likeness (QED) is 0.841. The van der Waals surface area contributed by atoms with Gasteiger partial charge >= 0.3 is 0 Å². The van der Waals surface area contributed by atoms with E-state index in [1.165, 1.54) is 17.7 Å². The van der Waals surface area contributed by atoms with Gasteiger partial charge in [-0.3, -0.25) is 4.79 Å². The molecule has 2 aromatic carbocycles. The minimum Gasteiger partial charge on any atom is -0.365 e.